The van der Waals surface area contributed by atoms with Gasteiger partial charge in [-0.1, -0.05) is 12.1 Å². The monoisotopic (exact) mass is 345 g/mol. The first-order chi connectivity index (χ1) is 12.1. The van der Waals surface area contributed by atoms with Crippen molar-refractivity contribution in [2.45, 2.75) is 13.0 Å². The van der Waals surface area contributed by atoms with E-state index in [9.17, 15) is 14.4 Å². The van der Waals surface area contributed by atoms with Gasteiger partial charge in [-0.05, 0) is 12.1 Å². The van der Waals surface area contributed by atoms with Gasteiger partial charge in [0.15, 0.2) is 0 Å². The number of piperazine rings is 1. The van der Waals surface area contributed by atoms with Gasteiger partial charge < -0.3 is 10.6 Å². The van der Waals surface area contributed by atoms with Gasteiger partial charge in [-0.2, -0.15) is 0 Å². The summed E-state index contributed by atoms with van der Waals surface area (Å²) in [4.78, 5) is 40.5. The Bertz CT molecular complexity index is 851. The van der Waals surface area contributed by atoms with Crippen molar-refractivity contribution >= 4 is 16.8 Å². The molecule has 8 heteroatoms. The third kappa shape index (κ3) is 4.34. The van der Waals surface area contributed by atoms with Gasteiger partial charge in [0.1, 0.15) is 0 Å². The number of carbonyl (C=O) groups is 1. The van der Waals surface area contributed by atoms with Crippen LogP contribution in [0.5, 0.6) is 0 Å². The van der Waals surface area contributed by atoms with E-state index in [0.717, 1.165) is 32.7 Å². The van der Waals surface area contributed by atoms with E-state index in [1.807, 2.05) is 0 Å². The first-order valence-electron chi connectivity index (χ1n) is 8.57. The molecule has 1 aromatic carbocycles. The van der Waals surface area contributed by atoms with Gasteiger partial charge in [0, 0.05) is 52.2 Å². The lowest BCUT2D eigenvalue weighted by atomic mass is 10.2. The van der Waals surface area contributed by atoms with Crippen LogP contribution in [0.25, 0.3) is 10.9 Å². The molecule has 0 aliphatic carbocycles. The number of benzene rings is 1. The summed E-state index contributed by atoms with van der Waals surface area (Å²) in [5.74, 6) is -0.0997. The highest BCUT2D eigenvalue weighted by molar-refractivity contribution is 5.78. The van der Waals surface area contributed by atoms with Crippen LogP contribution in [0.4, 0.5) is 0 Å². The van der Waals surface area contributed by atoms with E-state index >= 15 is 0 Å². The number of aromatic nitrogens is 2. The van der Waals surface area contributed by atoms with Crippen molar-refractivity contribution in [1.82, 2.24) is 25.1 Å². The molecule has 0 saturated carbocycles. The van der Waals surface area contributed by atoms with E-state index in [2.05, 4.69) is 20.5 Å². The van der Waals surface area contributed by atoms with Crippen molar-refractivity contribution < 1.29 is 4.79 Å². The Kier molecular flexibility index (Phi) is 5.62. The lowest BCUT2D eigenvalue weighted by molar-refractivity contribution is -0.121. The highest BCUT2D eigenvalue weighted by atomic mass is 16.2. The zero-order valence-electron chi connectivity index (χ0n) is 14.1. The minimum absolute atomic E-state index is 0.0997. The number of aryl methyl sites for hydroxylation is 1. The Hall–Kier alpha value is -2.45. The number of amides is 1. The molecule has 2 heterocycles. The van der Waals surface area contributed by atoms with Crippen LogP contribution in [0.3, 0.4) is 0 Å². The molecule has 0 spiro atoms. The maximum atomic E-state index is 12.1. The second-order valence-electron chi connectivity index (χ2n) is 6.12. The molecule has 2 aromatic rings. The number of rotatable bonds is 6. The number of carbonyl (C=O) groups excluding carboxylic acids is 1. The van der Waals surface area contributed by atoms with Crippen molar-refractivity contribution in [2.24, 2.45) is 0 Å². The Labute approximate surface area is 144 Å². The molecule has 0 unspecified atom stereocenters. The molecule has 1 aliphatic heterocycles. The fourth-order valence-electron chi connectivity index (χ4n) is 3.05. The van der Waals surface area contributed by atoms with E-state index in [1.54, 1.807) is 24.3 Å². The largest absolute Gasteiger partial charge is 0.355 e. The van der Waals surface area contributed by atoms with Crippen LogP contribution in [0.2, 0.25) is 0 Å². The molecule has 25 heavy (non-hydrogen) atoms. The van der Waals surface area contributed by atoms with Gasteiger partial charge in [-0.25, -0.2) is 4.79 Å². The molecule has 8 nitrogen and oxygen atoms in total. The van der Waals surface area contributed by atoms with E-state index in [4.69, 9.17) is 0 Å². The fraction of sp³-hybridized carbons (Fsp3) is 0.471. The predicted molar refractivity (Wildman–Crippen MR) is 95.8 cm³/mol. The molecule has 0 bridgehead atoms. The average molecular weight is 345 g/mol. The van der Waals surface area contributed by atoms with Crippen LogP contribution in [0, 0.1) is 0 Å². The summed E-state index contributed by atoms with van der Waals surface area (Å²) in [5, 5.41) is 6.63. The van der Waals surface area contributed by atoms with Crippen LogP contribution < -0.4 is 21.9 Å². The van der Waals surface area contributed by atoms with Gasteiger partial charge in [-0.15, -0.1) is 0 Å². The zero-order chi connectivity index (χ0) is 17.6. The molecule has 1 amide bonds. The summed E-state index contributed by atoms with van der Waals surface area (Å²) in [5.41, 5.74) is -0.348. The minimum Gasteiger partial charge on any atom is -0.355 e. The number of nitrogens with one attached hydrogen (secondary N) is 3. The third-order valence-electron chi connectivity index (χ3n) is 4.43. The topological polar surface area (TPSA) is 99.2 Å². The van der Waals surface area contributed by atoms with Crippen molar-refractivity contribution in [1.29, 1.82) is 0 Å². The molecule has 1 aliphatic rings. The van der Waals surface area contributed by atoms with Gasteiger partial charge in [0.25, 0.3) is 5.56 Å². The summed E-state index contributed by atoms with van der Waals surface area (Å²) < 4.78 is 1.44. The Morgan fingerprint density at radius 3 is 2.68 bits per heavy atom. The number of hydrogen-bond acceptors (Lipinski definition) is 5. The van der Waals surface area contributed by atoms with Crippen LogP contribution in [0.15, 0.2) is 33.9 Å². The second kappa shape index (κ2) is 8.09. The van der Waals surface area contributed by atoms with E-state index in [-0.39, 0.29) is 18.9 Å². The Balaban J connectivity index is 1.56. The highest BCUT2D eigenvalue weighted by Crippen LogP contribution is 2.07. The van der Waals surface area contributed by atoms with E-state index in [0.29, 0.717) is 17.4 Å². The lowest BCUT2D eigenvalue weighted by Gasteiger charge is -2.27. The zero-order valence-corrected chi connectivity index (χ0v) is 14.1. The quantitative estimate of drug-likeness (QED) is 0.630. The number of para-hydroxylation sites is 1. The minimum atomic E-state index is -0.489. The Morgan fingerprint density at radius 2 is 1.88 bits per heavy atom. The molecule has 0 radical (unpaired) electrons. The maximum absolute atomic E-state index is 12.1. The highest BCUT2D eigenvalue weighted by Gasteiger charge is 2.11. The summed E-state index contributed by atoms with van der Waals surface area (Å²) in [6.07, 6.45) is 0.192. The van der Waals surface area contributed by atoms with E-state index < -0.39 is 11.2 Å². The number of H-pyrrole nitrogens is 1. The van der Waals surface area contributed by atoms with Crippen molar-refractivity contribution in [2.75, 3.05) is 39.3 Å². The molecule has 134 valence electrons. The van der Waals surface area contributed by atoms with Gasteiger partial charge in [-0.3, -0.25) is 24.0 Å². The molecule has 1 aromatic heterocycles. The summed E-state index contributed by atoms with van der Waals surface area (Å²) >= 11 is 0. The van der Waals surface area contributed by atoms with E-state index in [1.165, 1.54) is 4.57 Å². The molecular formula is C17H23N5O3. The second-order valence-corrected chi connectivity index (χ2v) is 6.12. The number of nitrogens with zero attached hydrogens (tertiary/aromatic N) is 2. The molecule has 3 rings (SSSR count). The number of hydrogen-bond donors (Lipinski definition) is 3. The Morgan fingerprint density at radius 1 is 1.12 bits per heavy atom. The smallest absolute Gasteiger partial charge is 0.328 e. The molecule has 1 fully saturated rings. The molecular weight excluding hydrogens is 322 g/mol. The first-order valence-corrected chi connectivity index (χ1v) is 8.57. The van der Waals surface area contributed by atoms with Crippen LogP contribution in [0.1, 0.15) is 6.42 Å². The lowest BCUT2D eigenvalue weighted by Crippen LogP contribution is -2.46. The van der Waals surface area contributed by atoms with Crippen LogP contribution in [-0.4, -0.2) is 59.6 Å². The number of aromatic amines is 1. The summed E-state index contributed by atoms with van der Waals surface area (Å²) in [6, 6.07) is 6.90. The van der Waals surface area contributed by atoms with Crippen LogP contribution >= 0.6 is 0 Å². The summed E-state index contributed by atoms with van der Waals surface area (Å²) in [7, 11) is 0. The summed E-state index contributed by atoms with van der Waals surface area (Å²) in [6.45, 7) is 5.61. The average Bonchev–Trinajstić information content (AvgIpc) is 2.62. The predicted octanol–water partition coefficient (Wildman–Crippen LogP) is -0.899. The van der Waals surface area contributed by atoms with Crippen LogP contribution in [-0.2, 0) is 11.3 Å². The SMILES string of the molecule is O=C(CCn1c(=O)[nH]c(=O)c2ccccc21)NCCN1CCNCC1. The molecule has 1 saturated heterocycles. The third-order valence-corrected chi connectivity index (χ3v) is 4.43. The van der Waals surface area contributed by atoms with Crippen molar-refractivity contribution in [3.05, 3.63) is 45.1 Å². The molecule has 0 atom stereocenters. The van der Waals surface area contributed by atoms with Gasteiger partial charge in [0.05, 0.1) is 10.9 Å². The van der Waals surface area contributed by atoms with Gasteiger partial charge in [0.2, 0.25) is 5.91 Å². The standard InChI is InChI=1S/C17H23N5O3/c23-15(19-8-12-21-10-6-18-7-11-21)5-9-22-14-4-2-1-3-13(14)16(24)20-17(22)25/h1-4,18H,5-12H2,(H,19,23)(H,20,24,25). The number of fused-ring (bicyclic) bond motifs is 1. The normalized spacial score (nSPS) is 15.4. The van der Waals surface area contributed by atoms with Crippen molar-refractivity contribution in [3.8, 4) is 0 Å². The van der Waals surface area contributed by atoms with Gasteiger partial charge >= 0.3 is 5.69 Å². The maximum Gasteiger partial charge on any atom is 0.328 e. The van der Waals surface area contributed by atoms with Crippen molar-refractivity contribution in [3.63, 3.8) is 0 Å². The first kappa shape index (κ1) is 17.4. The molecule has 3 N–H and O–H groups in total. The fourth-order valence-corrected chi connectivity index (χ4v) is 3.05.